The highest BCUT2D eigenvalue weighted by Gasteiger charge is 2.33. The molecule has 1 aliphatic carbocycles. The number of nitrogens with one attached hydrogen (secondary N) is 1. The molecule has 0 spiro atoms. The molecule has 0 bridgehead atoms. The molecule has 0 saturated heterocycles. The van der Waals surface area contributed by atoms with Gasteiger partial charge < -0.3 is 5.32 Å². The van der Waals surface area contributed by atoms with Crippen molar-refractivity contribution in [1.82, 2.24) is 0 Å². The number of para-hydroxylation sites is 1. The maximum atomic E-state index is 3.64. The molecular formula is C12H15N. The van der Waals surface area contributed by atoms with Crippen molar-refractivity contribution >= 4 is 5.69 Å². The third kappa shape index (κ3) is 1.06. The number of hydrogen-bond donors (Lipinski definition) is 1. The van der Waals surface area contributed by atoms with Gasteiger partial charge in [-0.25, -0.2) is 0 Å². The van der Waals surface area contributed by atoms with E-state index in [2.05, 4.69) is 29.6 Å². The Morgan fingerprint density at radius 3 is 2.92 bits per heavy atom. The van der Waals surface area contributed by atoms with Gasteiger partial charge in [-0.2, -0.15) is 0 Å². The van der Waals surface area contributed by atoms with E-state index in [9.17, 15) is 0 Å². The summed E-state index contributed by atoms with van der Waals surface area (Å²) in [5.41, 5.74) is 2.95. The van der Waals surface area contributed by atoms with Crippen molar-refractivity contribution in [1.29, 1.82) is 0 Å². The third-order valence-corrected chi connectivity index (χ3v) is 3.47. The summed E-state index contributed by atoms with van der Waals surface area (Å²) in [6.45, 7) is 0. The first-order valence-electron chi connectivity index (χ1n) is 5.30. The number of benzene rings is 1. The Kier molecular flexibility index (Phi) is 1.58. The molecule has 1 saturated carbocycles. The molecule has 1 aromatic rings. The molecule has 3 rings (SSSR count). The second kappa shape index (κ2) is 2.76. The molecule has 1 nitrogen and oxygen atoms in total. The molecule has 13 heavy (non-hydrogen) atoms. The van der Waals surface area contributed by atoms with Crippen molar-refractivity contribution < 1.29 is 0 Å². The van der Waals surface area contributed by atoms with Crippen molar-refractivity contribution in [3.05, 3.63) is 29.8 Å². The molecule has 1 aliphatic heterocycles. The average Bonchev–Trinajstić information content (AvgIpc) is 2.56. The molecule has 0 aromatic heterocycles. The van der Waals surface area contributed by atoms with Crippen LogP contribution >= 0.6 is 0 Å². The van der Waals surface area contributed by atoms with E-state index in [1.54, 1.807) is 5.56 Å². The zero-order valence-corrected chi connectivity index (χ0v) is 7.79. The highest BCUT2D eigenvalue weighted by molar-refractivity contribution is 5.59. The SMILES string of the molecule is c1ccc2c(c1)NC1CCCC[C@H]21. The molecule has 1 aromatic carbocycles. The molecule has 1 unspecified atom stereocenters. The lowest BCUT2D eigenvalue weighted by Gasteiger charge is -2.25. The summed E-state index contributed by atoms with van der Waals surface area (Å²) in [5, 5.41) is 3.64. The molecule has 1 heterocycles. The summed E-state index contributed by atoms with van der Waals surface area (Å²) in [6, 6.07) is 9.54. The van der Waals surface area contributed by atoms with Gasteiger partial charge in [0.2, 0.25) is 0 Å². The Bertz CT molecular complexity index is 319. The van der Waals surface area contributed by atoms with Crippen LogP contribution in [0.5, 0.6) is 0 Å². The van der Waals surface area contributed by atoms with E-state index in [4.69, 9.17) is 0 Å². The van der Waals surface area contributed by atoms with Gasteiger partial charge in [0.05, 0.1) is 0 Å². The van der Waals surface area contributed by atoms with Crippen LogP contribution in [0.2, 0.25) is 0 Å². The summed E-state index contributed by atoms with van der Waals surface area (Å²) in [7, 11) is 0. The van der Waals surface area contributed by atoms with E-state index in [1.165, 1.54) is 31.4 Å². The van der Waals surface area contributed by atoms with Gasteiger partial charge in [0.1, 0.15) is 0 Å². The van der Waals surface area contributed by atoms with Crippen molar-refractivity contribution in [2.45, 2.75) is 37.6 Å². The van der Waals surface area contributed by atoms with Gasteiger partial charge in [0, 0.05) is 17.6 Å². The standard InChI is InChI=1S/C12H15N/c1-3-7-11-9(5-1)10-6-2-4-8-12(10)13-11/h1,3,5,7,10,12-13H,2,4,6,8H2/t10-,12?/m1/s1. The zero-order valence-electron chi connectivity index (χ0n) is 7.79. The van der Waals surface area contributed by atoms with Crippen LogP contribution in [0.25, 0.3) is 0 Å². The number of rotatable bonds is 0. The van der Waals surface area contributed by atoms with Crippen LogP contribution in [0.1, 0.15) is 37.2 Å². The minimum atomic E-state index is 0.742. The Labute approximate surface area is 79.2 Å². The lowest BCUT2D eigenvalue weighted by Crippen LogP contribution is -2.23. The summed E-state index contributed by atoms with van der Waals surface area (Å²) in [5.74, 6) is 0.810. The smallest absolute Gasteiger partial charge is 0.0378 e. The molecule has 1 heteroatoms. The van der Waals surface area contributed by atoms with Crippen LogP contribution in [-0.4, -0.2) is 6.04 Å². The highest BCUT2D eigenvalue weighted by atomic mass is 15.0. The maximum Gasteiger partial charge on any atom is 0.0378 e. The van der Waals surface area contributed by atoms with Crippen molar-refractivity contribution in [2.75, 3.05) is 5.32 Å². The third-order valence-electron chi connectivity index (χ3n) is 3.47. The van der Waals surface area contributed by atoms with Gasteiger partial charge in [0.15, 0.2) is 0 Å². The van der Waals surface area contributed by atoms with Crippen molar-refractivity contribution in [3.63, 3.8) is 0 Å². The monoisotopic (exact) mass is 173 g/mol. The number of hydrogen-bond acceptors (Lipinski definition) is 1. The highest BCUT2D eigenvalue weighted by Crippen LogP contribution is 2.43. The molecule has 1 fully saturated rings. The van der Waals surface area contributed by atoms with E-state index in [1.807, 2.05) is 0 Å². The summed E-state index contributed by atoms with van der Waals surface area (Å²) < 4.78 is 0. The molecule has 1 N–H and O–H groups in total. The summed E-state index contributed by atoms with van der Waals surface area (Å²) >= 11 is 0. The quantitative estimate of drug-likeness (QED) is 0.635. The Morgan fingerprint density at radius 2 is 1.92 bits per heavy atom. The minimum Gasteiger partial charge on any atom is -0.381 e. The van der Waals surface area contributed by atoms with Gasteiger partial charge in [-0.05, 0) is 24.5 Å². The molecular weight excluding hydrogens is 158 g/mol. The number of anilines is 1. The zero-order chi connectivity index (χ0) is 8.67. The van der Waals surface area contributed by atoms with Crippen LogP contribution in [-0.2, 0) is 0 Å². The fourth-order valence-corrected chi connectivity index (χ4v) is 2.83. The van der Waals surface area contributed by atoms with Gasteiger partial charge in [0.25, 0.3) is 0 Å². The van der Waals surface area contributed by atoms with Crippen LogP contribution in [0, 0.1) is 0 Å². The molecule has 68 valence electrons. The van der Waals surface area contributed by atoms with Crippen LogP contribution < -0.4 is 5.32 Å². The lowest BCUT2D eigenvalue weighted by molar-refractivity contribution is 0.422. The fraction of sp³-hybridized carbons (Fsp3) is 0.500. The Balaban J connectivity index is 2.01. The Morgan fingerprint density at radius 1 is 1.08 bits per heavy atom. The molecule has 0 radical (unpaired) electrons. The van der Waals surface area contributed by atoms with Crippen LogP contribution in [0.4, 0.5) is 5.69 Å². The average molecular weight is 173 g/mol. The van der Waals surface area contributed by atoms with E-state index in [0.29, 0.717) is 0 Å². The van der Waals surface area contributed by atoms with Crippen molar-refractivity contribution in [2.24, 2.45) is 0 Å². The largest absolute Gasteiger partial charge is 0.381 e. The van der Waals surface area contributed by atoms with Gasteiger partial charge in [-0.3, -0.25) is 0 Å². The van der Waals surface area contributed by atoms with Crippen LogP contribution in [0.3, 0.4) is 0 Å². The van der Waals surface area contributed by atoms with Crippen LogP contribution in [0.15, 0.2) is 24.3 Å². The first-order chi connectivity index (χ1) is 6.45. The van der Waals surface area contributed by atoms with E-state index >= 15 is 0 Å². The van der Waals surface area contributed by atoms with Gasteiger partial charge >= 0.3 is 0 Å². The van der Waals surface area contributed by atoms with Gasteiger partial charge in [-0.1, -0.05) is 31.0 Å². The molecule has 2 aliphatic rings. The maximum absolute atomic E-state index is 3.64. The summed E-state index contributed by atoms with van der Waals surface area (Å²) in [4.78, 5) is 0. The molecule has 0 amide bonds. The van der Waals surface area contributed by atoms with Crippen molar-refractivity contribution in [3.8, 4) is 0 Å². The minimum absolute atomic E-state index is 0.742. The molecule has 2 atom stereocenters. The second-order valence-corrected chi connectivity index (χ2v) is 4.23. The van der Waals surface area contributed by atoms with E-state index < -0.39 is 0 Å². The van der Waals surface area contributed by atoms with Gasteiger partial charge in [-0.15, -0.1) is 0 Å². The topological polar surface area (TPSA) is 12.0 Å². The van der Waals surface area contributed by atoms with E-state index in [0.717, 1.165) is 12.0 Å². The lowest BCUT2D eigenvalue weighted by atomic mass is 9.83. The number of fused-ring (bicyclic) bond motifs is 3. The fourth-order valence-electron chi connectivity index (χ4n) is 2.83. The second-order valence-electron chi connectivity index (χ2n) is 4.23. The summed E-state index contributed by atoms with van der Waals surface area (Å²) in [6.07, 6.45) is 5.56. The van der Waals surface area contributed by atoms with E-state index in [-0.39, 0.29) is 0 Å². The predicted molar refractivity (Wildman–Crippen MR) is 55.1 cm³/mol. The first kappa shape index (κ1) is 7.43. The normalized spacial score (nSPS) is 30.5. The Hall–Kier alpha value is -0.980. The first-order valence-corrected chi connectivity index (χ1v) is 5.30. The predicted octanol–water partition coefficient (Wildman–Crippen LogP) is 3.14.